The number of furan rings is 1. The third-order valence-electron chi connectivity index (χ3n) is 6.58. The van der Waals surface area contributed by atoms with E-state index in [1.165, 1.54) is 18.2 Å². The van der Waals surface area contributed by atoms with Gasteiger partial charge in [0.25, 0.3) is 11.8 Å². The molecule has 1 aliphatic carbocycles. The third-order valence-corrected chi connectivity index (χ3v) is 6.58. The normalized spacial score (nSPS) is 14.7. The lowest BCUT2D eigenvalue weighted by Crippen LogP contribution is -2.29. The molecule has 0 radical (unpaired) electrons. The second kappa shape index (κ2) is 9.87. The van der Waals surface area contributed by atoms with E-state index in [0.29, 0.717) is 23.2 Å². The van der Waals surface area contributed by atoms with Gasteiger partial charge in [0.2, 0.25) is 11.6 Å². The lowest BCUT2D eigenvalue weighted by Gasteiger charge is -2.14. The van der Waals surface area contributed by atoms with Gasteiger partial charge in [-0.05, 0) is 52.9 Å². The van der Waals surface area contributed by atoms with Crippen LogP contribution in [0.5, 0.6) is 0 Å². The molecule has 202 valence electrons. The molecule has 3 aromatic heterocycles. The molecule has 3 N–H and O–H groups in total. The summed E-state index contributed by atoms with van der Waals surface area (Å²) in [5, 5.41) is 19.9. The summed E-state index contributed by atoms with van der Waals surface area (Å²) in [6.07, 6.45) is -2.02. The lowest BCUT2D eigenvalue weighted by molar-refractivity contribution is -0.152. The SMILES string of the molecule is O=C(NCc1ccc2cc(C(F)(F)F)oc2c1)c1cc(C(=O)N[C@@H]2CCc3cc(-c4nn[nH]n4)ccc32)ncn1. The van der Waals surface area contributed by atoms with E-state index in [1.54, 1.807) is 6.07 Å². The Labute approximate surface area is 223 Å². The van der Waals surface area contributed by atoms with E-state index in [1.807, 2.05) is 18.2 Å². The zero-order chi connectivity index (χ0) is 27.9. The molecule has 14 heteroatoms. The number of tetrazole rings is 1. The maximum atomic E-state index is 13.0. The van der Waals surface area contributed by atoms with Crippen molar-refractivity contribution in [2.75, 3.05) is 0 Å². The first kappa shape index (κ1) is 25.2. The molecule has 0 aliphatic heterocycles. The summed E-state index contributed by atoms with van der Waals surface area (Å²) in [5.74, 6) is -1.64. The van der Waals surface area contributed by atoms with Gasteiger partial charge in [0.15, 0.2) is 0 Å². The van der Waals surface area contributed by atoms with Crippen molar-refractivity contribution in [2.45, 2.75) is 31.6 Å². The highest BCUT2D eigenvalue weighted by Crippen LogP contribution is 2.35. The molecule has 40 heavy (non-hydrogen) atoms. The fourth-order valence-corrected chi connectivity index (χ4v) is 4.63. The molecule has 11 nitrogen and oxygen atoms in total. The fourth-order valence-electron chi connectivity index (χ4n) is 4.63. The number of aryl methyl sites for hydroxylation is 1. The van der Waals surface area contributed by atoms with Crippen molar-refractivity contribution in [3.8, 4) is 11.4 Å². The van der Waals surface area contributed by atoms with Crippen molar-refractivity contribution < 1.29 is 27.2 Å². The summed E-state index contributed by atoms with van der Waals surface area (Å²) in [4.78, 5) is 33.6. The Morgan fingerprint density at radius 1 is 1.02 bits per heavy atom. The van der Waals surface area contributed by atoms with Crippen LogP contribution in [0.2, 0.25) is 0 Å². The number of amides is 2. The number of rotatable bonds is 6. The maximum absolute atomic E-state index is 13.0. The average molecular weight is 548 g/mol. The Hall–Kier alpha value is -5.14. The van der Waals surface area contributed by atoms with Crippen LogP contribution in [0.25, 0.3) is 22.4 Å². The summed E-state index contributed by atoms with van der Waals surface area (Å²) >= 11 is 0. The first-order valence-electron chi connectivity index (χ1n) is 12.1. The molecule has 5 aromatic rings. The van der Waals surface area contributed by atoms with Gasteiger partial charge in [-0.25, -0.2) is 9.97 Å². The molecular weight excluding hydrogens is 529 g/mol. The number of nitrogens with one attached hydrogen (secondary N) is 3. The Morgan fingerprint density at radius 2 is 1.85 bits per heavy atom. The largest absolute Gasteiger partial charge is 0.451 e. The molecule has 0 bridgehead atoms. The minimum Gasteiger partial charge on any atom is -0.451 e. The molecule has 0 fully saturated rings. The van der Waals surface area contributed by atoms with Gasteiger partial charge < -0.3 is 15.1 Å². The summed E-state index contributed by atoms with van der Waals surface area (Å²) in [7, 11) is 0. The van der Waals surface area contributed by atoms with Crippen molar-refractivity contribution in [1.82, 2.24) is 41.2 Å². The Kier molecular flexibility index (Phi) is 6.21. The van der Waals surface area contributed by atoms with Gasteiger partial charge in [-0.2, -0.15) is 18.4 Å². The summed E-state index contributed by atoms with van der Waals surface area (Å²) in [6.45, 7) is 0.00701. The van der Waals surface area contributed by atoms with E-state index >= 15 is 0 Å². The van der Waals surface area contributed by atoms with Crippen molar-refractivity contribution in [3.63, 3.8) is 0 Å². The van der Waals surface area contributed by atoms with E-state index in [-0.39, 0.29) is 29.6 Å². The quantitative estimate of drug-likeness (QED) is 0.290. The van der Waals surface area contributed by atoms with E-state index in [4.69, 9.17) is 4.42 Å². The van der Waals surface area contributed by atoms with Gasteiger partial charge in [-0.15, -0.1) is 10.2 Å². The molecule has 0 saturated heterocycles. The number of hydrogen-bond acceptors (Lipinski definition) is 8. The molecule has 2 aromatic carbocycles. The number of carbonyl (C=O) groups excluding carboxylic acids is 2. The van der Waals surface area contributed by atoms with Crippen molar-refractivity contribution in [3.05, 3.63) is 88.7 Å². The number of nitrogens with zero attached hydrogens (tertiary/aromatic N) is 5. The van der Waals surface area contributed by atoms with Crippen molar-refractivity contribution in [1.29, 1.82) is 0 Å². The molecule has 2 amide bonds. The van der Waals surface area contributed by atoms with Crippen LogP contribution in [-0.4, -0.2) is 42.4 Å². The summed E-state index contributed by atoms with van der Waals surface area (Å²) < 4.78 is 43.6. The van der Waals surface area contributed by atoms with Crippen LogP contribution < -0.4 is 10.6 Å². The van der Waals surface area contributed by atoms with Crippen molar-refractivity contribution >= 4 is 22.8 Å². The number of hydrogen-bond donors (Lipinski definition) is 3. The van der Waals surface area contributed by atoms with Crippen LogP contribution in [0.3, 0.4) is 0 Å². The predicted molar refractivity (Wildman–Crippen MR) is 133 cm³/mol. The zero-order valence-corrected chi connectivity index (χ0v) is 20.5. The number of halogens is 3. The van der Waals surface area contributed by atoms with E-state index in [2.05, 4.69) is 41.2 Å². The number of fused-ring (bicyclic) bond motifs is 2. The zero-order valence-electron chi connectivity index (χ0n) is 20.5. The molecular formula is C26H19F3N8O3. The summed E-state index contributed by atoms with van der Waals surface area (Å²) in [5.41, 5.74) is 3.43. The van der Waals surface area contributed by atoms with Crippen LogP contribution in [-0.2, 0) is 19.1 Å². The first-order valence-corrected chi connectivity index (χ1v) is 12.1. The second-order valence-corrected chi connectivity index (χ2v) is 9.17. The van der Waals surface area contributed by atoms with E-state index in [9.17, 15) is 22.8 Å². The number of alkyl halides is 3. The van der Waals surface area contributed by atoms with Gasteiger partial charge in [0, 0.05) is 23.6 Å². The van der Waals surface area contributed by atoms with E-state index in [0.717, 1.165) is 35.5 Å². The number of H-pyrrole nitrogens is 1. The topological polar surface area (TPSA) is 152 Å². The van der Waals surface area contributed by atoms with Crippen LogP contribution in [0.1, 0.15) is 55.9 Å². The number of aromatic amines is 1. The van der Waals surface area contributed by atoms with Gasteiger partial charge in [0.1, 0.15) is 23.3 Å². The average Bonchev–Trinajstić information content (AvgIpc) is 3.71. The molecule has 0 unspecified atom stereocenters. The fraction of sp³-hybridized carbons (Fsp3) is 0.192. The van der Waals surface area contributed by atoms with Crippen LogP contribution >= 0.6 is 0 Å². The van der Waals surface area contributed by atoms with Crippen LogP contribution in [0.15, 0.2) is 59.3 Å². The Morgan fingerprint density at radius 3 is 2.62 bits per heavy atom. The van der Waals surface area contributed by atoms with Gasteiger partial charge in [-0.1, -0.05) is 24.3 Å². The minimum atomic E-state index is -4.59. The molecule has 0 spiro atoms. The number of carbonyl (C=O) groups is 2. The van der Waals surface area contributed by atoms with Gasteiger partial charge in [0.05, 0.1) is 6.04 Å². The van der Waals surface area contributed by atoms with Crippen molar-refractivity contribution in [2.24, 2.45) is 0 Å². The maximum Gasteiger partial charge on any atom is 0.449 e. The van der Waals surface area contributed by atoms with Gasteiger partial charge in [-0.3, -0.25) is 9.59 Å². The lowest BCUT2D eigenvalue weighted by atomic mass is 10.0. The van der Waals surface area contributed by atoms with Gasteiger partial charge >= 0.3 is 6.18 Å². The first-order chi connectivity index (χ1) is 19.2. The third kappa shape index (κ3) is 4.98. The smallest absolute Gasteiger partial charge is 0.449 e. The molecule has 1 aliphatic rings. The molecule has 3 heterocycles. The van der Waals surface area contributed by atoms with Crippen LogP contribution in [0, 0.1) is 0 Å². The monoisotopic (exact) mass is 548 g/mol. The standard InChI is InChI=1S/C26H19F3N8O3/c27-26(28,29)22-9-15-2-1-13(7-21(15)40-22)11-30-24(38)19-10-20(32-12-31-19)25(39)33-18-6-4-14-8-16(3-5-17(14)18)23-34-36-37-35-23/h1-3,5,7-10,12,18H,4,6,11H2,(H,30,38)(H,33,39)(H,34,35,36,37)/t18-/m1/s1. The molecule has 0 saturated carbocycles. The Balaban J connectivity index is 1.10. The summed E-state index contributed by atoms with van der Waals surface area (Å²) in [6, 6.07) is 12.2. The highest BCUT2D eigenvalue weighted by molar-refractivity contribution is 5.97. The molecule has 6 rings (SSSR count). The highest BCUT2D eigenvalue weighted by atomic mass is 19.4. The Bertz CT molecular complexity index is 1730. The number of benzene rings is 2. The minimum absolute atomic E-state index is 0.00701. The predicted octanol–water partition coefficient (Wildman–Crippen LogP) is 3.77. The van der Waals surface area contributed by atoms with E-state index < -0.39 is 23.8 Å². The second-order valence-electron chi connectivity index (χ2n) is 9.17. The number of aromatic nitrogens is 6. The van der Waals surface area contributed by atoms with Crippen LogP contribution in [0.4, 0.5) is 13.2 Å². The molecule has 1 atom stereocenters. The highest BCUT2D eigenvalue weighted by Gasteiger charge is 2.35.